The van der Waals surface area contributed by atoms with Crippen molar-refractivity contribution in [3.05, 3.63) is 72.6 Å². The molecule has 9 heteroatoms. The topological polar surface area (TPSA) is 95.5 Å². The zero-order valence-corrected chi connectivity index (χ0v) is 17.9. The molecule has 0 radical (unpaired) electrons. The van der Waals surface area contributed by atoms with Gasteiger partial charge >= 0.3 is 0 Å². The van der Waals surface area contributed by atoms with Crippen LogP contribution in [0.3, 0.4) is 0 Å². The summed E-state index contributed by atoms with van der Waals surface area (Å²) >= 11 is 0. The first kappa shape index (κ1) is 20.8. The SMILES string of the molecule is CS(=O)(=O)Nc1ccc(C(=O)N2CCN(c3cc(-c4ccccc4)ncn3)CC2)cc1. The quantitative estimate of drug-likeness (QED) is 0.659. The van der Waals surface area contributed by atoms with Gasteiger partial charge in [0.15, 0.2) is 0 Å². The largest absolute Gasteiger partial charge is 0.353 e. The van der Waals surface area contributed by atoms with E-state index in [1.807, 2.05) is 36.4 Å². The van der Waals surface area contributed by atoms with Crippen molar-refractivity contribution >= 4 is 27.4 Å². The number of piperazine rings is 1. The monoisotopic (exact) mass is 437 g/mol. The van der Waals surface area contributed by atoms with Gasteiger partial charge in [-0.2, -0.15) is 0 Å². The zero-order valence-electron chi connectivity index (χ0n) is 17.1. The molecule has 0 spiro atoms. The van der Waals surface area contributed by atoms with E-state index in [1.165, 1.54) is 0 Å². The Hall–Kier alpha value is -3.46. The highest BCUT2D eigenvalue weighted by molar-refractivity contribution is 7.92. The number of carbonyl (C=O) groups is 1. The van der Waals surface area contributed by atoms with Crippen molar-refractivity contribution in [3.63, 3.8) is 0 Å². The van der Waals surface area contributed by atoms with Crippen molar-refractivity contribution in [2.75, 3.05) is 42.1 Å². The van der Waals surface area contributed by atoms with Crippen LogP contribution in [0.1, 0.15) is 10.4 Å². The number of sulfonamides is 1. The second-order valence-electron chi connectivity index (χ2n) is 7.36. The number of amides is 1. The molecule has 1 aliphatic heterocycles. The first-order valence-electron chi connectivity index (χ1n) is 9.88. The van der Waals surface area contributed by atoms with Crippen molar-refractivity contribution in [1.29, 1.82) is 0 Å². The molecule has 31 heavy (non-hydrogen) atoms. The van der Waals surface area contributed by atoms with E-state index in [0.29, 0.717) is 37.4 Å². The summed E-state index contributed by atoms with van der Waals surface area (Å²) in [5, 5.41) is 0. The van der Waals surface area contributed by atoms with Gasteiger partial charge in [0.25, 0.3) is 5.91 Å². The minimum atomic E-state index is -3.35. The van der Waals surface area contributed by atoms with Crippen molar-refractivity contribution in [3.8, 4) is 11.3 Å². The molecule has 2 aromatic carbocycles. The highest BCUT2D eigenvalue weighted by atomic mass is 32.2. The third kappa shape index (κ3) is 5.18. The highest BCUT2D eigenvalue weighted by Gasteiger charge is 2.23. The van der Waals surface area contributed by atoms with Gasteiger partial charge in [-0.05, 0) is 24.3 Å². The number of carbonyl (C=O) groups excluding carboxylic acids is 1. The normalized spacial score (nSPS) is 14.4. The number of anilines is 2. The molecule has 0 atom stereocenters. The lowest BCUT2D eigenvalue weighted by molar-refractivity contribution is 0.0746. The van der Waals surface area contributed by atoms with E-state index < -0.39 is 10.0 Å². The van der Waals surface area contributed by atoms with E-state index in [0.717, 1.165) is 23.3 Å². The average Bonchev–Trinajstić information content (AvgIpc) is 2.79. The Labute approximate surface area is 181 Å². The van der Waals surface area contributed by atoms with Crippen LogP contribution in [0, 0.1) is 0 Å². The maximum atomic E-state index is 12.8. The number of benzene rings is 2. The summed E-state index contributed by atoms with van der Waals surface area (Å²) in [6, 6.07) is 18.4. The van der Waals surface area contributed by atoms with Crippen LogP contribution in [-0.2, 0) is 10.0 Å². The minimum Gasteiger partial charge on any atom is -0.353 e. The predicted molar refractivity (Wildman–Crippen MR) is 120 cm³/mol. The summed E-state index contributed by atoms with van der Waals surface area (Å²) in [6.07, 6.45) is 2.66. The van der Waals surface area contributed by atoms with Gasteiger partial charge in [-0.15, -0.1) is 0 Å². The number of nitrogens with zero attached hydrogens (tertiary/aromatic N) is 4. The molecule has 160 valence electrons. The first-order valence-corrected chi connectivity index (χ1v) is 11.8. The molecule has 0 aliphatic carbocycles. The number of nitrogens with one attached hydrogen (secondary N) is 1. The van der Waals surface area contributed by atoms with Gasteiger partial charge in [-0.1, -0.05) is 30.3 Å². The second-order valence-corrected chi connectivity index (χ2v) is 9.11. The molecule has 1 aliphatic rings. The molecule has 0 unspecified atom stereocenters. The van der Waals surface area contributed by atoms with Crippen LogP contribution in [0.15, 0.2) is 67.0 Å². The number of hydrogen-bond acceptors (Lipinski definition) is 6. The Balaban J connectivity index is 1.39. The molecule has 0 bridgehead atoms. The van der Waals surface area contributed by atoms with Gasteiger partial charge < -0.3 is 9.80 Å². The molecule has 1 aromatic heterocycles. The predicted octanol–water partition coefficient (Wildman–Crippen LogP) is 2.48. The van der Waals surface area contributed by atoms with Crippen LogP contribution in [0.5, 0.6) is 0 Å². The Morgan fingerprint density at radius 3 is 2.26 bits per heavy atom. The number of rotatable bonds is 5. The molecule has 2 heterocycles. The lowest BCUT2D eigenvalue weighted by Crippen LogP contribution is -2.49. The highest BCUT2D eigenvalue weighted by Crippen LogP contribution is 2.22. The maximum Gasteiger partial charge on any atom is 0.253 e. The van der Waals surface area contributed by atoms with Crippen molar-refractivity contribution in [2.45, 2.75) is 0 Å². The summed E-state index contributed by atoms with van der Waals surface area (Å²) in [6.45, 7) is 2.50. The van der Waals surface area contributed by atoms with Crippen LogP contribution in [0.2, 0.25) is 0 Å². The van der Waals surface area contributed by atoms with Crippen LogP contribution in [-0.4, -0.2) is 61.6 Å². The van der Waals surface area contributed by atoms with Crippen LogP contribution in [0.4, 0.5) is 11.5 Å². The van der Waals surface area contributed by atoms with Gasteiger partial charge in [0.05, 0.1) is 11.9 Å². The molecule has 1 N–H and O–H groups in total. The van der Waals surface area contributed by atoms with E-state index in [9.17, 15) is 13.2 Å². The van der Waals surface area contributed by atoms with Crippen molar-refractivity contribution in [1.82, 2.24) is 14.9 Å². The van der Waals surface area contributed by atoms with Gasteiger partial charge in [-0.25, -0.2) is 18.4 Å². The Kier molecular flexibility index (Phi) is 5.85. The summed E-state index contributed by atoms with van der Waals surface area (Å²) in [7, 11) is -3.35. The van der Waals surface area contributed by atoms with E-state index in [-0.39, 0.29) is 5.91 Å². The Morgan fingerprint density at radius 2 is 1.61 bits per heavy atom. The summed E-state index contributed by atoms with van der Waals surface area (Å²) in [5.74, 6) is 0.773. The smallest absolute Gasteiger partial charge is 0.253 e. The summed E-state index contributed by atoms with van der Waals surface area (Å²) < 4.78 is 25.0. The fourth-order valence-corrected chi connectivity index (χ4v) is 4.07. The van der Waals surface area contributed by atoms with Crippen LogP contribution < -0.4 is 9.62 Å². The van der Waals surface area contributed by atoms with E-state index in [1.54, 1.807) is 35.5 Å². The van der Waals surface area contributed by atoms with E-state index in [4.69, 9.17) is 0 Å². The van der Waals surface area contributed by atoms with E-state index in [2.05, 4.69) is 19.6 Å². The maximum absolute atomic E-state index is 12.8. The average molecular weight is 438 g/mol. The standard InChI is InChI=1S/C22H23N5O3S/c1-31(29,30)25-19-9-7-18(8-10-19)22(28)27-13-11-26(12-14-27)21-15-20(23-16-24-21)17-5-3-2-4-6-17/h2-10,15-16,25H,11-14H2,1H3. The van der Waals surface area contributed by atoms with Crippen LogP contribution >= 0.6 is 0 Å². The summed E-state index contributed by atoms with van der Waals surface area (Å²) in [5.41, 5.74) is 2.86. The van der Waals surface area contributed by atoms with Gasteiger partial charge in [0.1, 0.15) is 12.1 Å². The summed E-state index contributed by atoms with van der Waals surface area (Å²) in [4.78, 5) is 25.6. The van der Waals surface area contributed by atoms with Crippen LogP contribution in [0.25, 0.3) is 11.3 Å². The molecule has 0 saturated carbocycles. The molecule has 1 fully saturated rings. The van der Waals surface area contributed by atoms with E-state index >= 15 is 0 Å². The van der Waals surface area contributed by atoms with Crippen molar-refractivity contribution in [2.24, 2.45) is 0 Å². The van der Waals surface area contributed by atoms with Gasteiger partial charge in [0.2, 0.25) is 10.0 Å². The zero-order chi connectivity index (χ0) is 21.8. The number of hydrogen-bond donors (Lipinski definition) is 1. The fraction of sp³-hybridized carbons (Fsp3) is 0.227. The Morgan fingerprint density at radius 1 is 0.935 bits per heavy atom. The lowest BCUT2D eigenvalue weighted by atomic mass is 10.1. The van der Waals surface area contributed by atoms with Gasteiger partial charge in [0, 0.05) is 49.1 Å². The second kappa shape index (κ2) is 8.73. The lowest BCUT2D eigenvalue weighted by Gasteiger charge is -2.35. The molecular weight excluding hydrogens is 414 g/mol. The molecular formula is C22H23N5O3S. The molecule has 1 saturated heterocycles. The minimum absolute atomic E-state index is 0.0711. The molecule has 8 nitrogen and oxygen atoms in total. The fourth-order valence-electron chi connectivity index (χ4n) is 3.50. The molecule has 1 amide bonds. The third-order valence-corrected chi connectivity index (χ3v) is 5.65. The van der Waals surface area contributed by atoms with Gasteiger partial charge in [-0.3, -0.25) is 9.52 Å². The number of aromatic nitrogens is 2. The molecule has 4 rings (SSSR count). The van der Waals surface area contributed by atoms with Crippen molar-refractivity contribution < 1.29 is 13.2 Å². The first-order chi connectivity index (χ1) is 14.9. The Bertz CT molecular complexity index is 1160. The molecule has 3 aromatic rings. The third-order valence-electron chi connectivity index (χ3n) is 5.05.